The summed E-state index contributed by atoms with van der Waals surface area (Å²) in [6, 6.07) is 13.4. The van der Waals surface area contributed by atoms with Gasteiger partial charge in [0.05, 0.1) is 33.8 Å². The molecule has 24 heavy (non-hydrogen) atoms. The third-order valence-corrected chi connectivity index (χ3v) is 5.54. The van der Waals surface area contributed by atoms with E-state index in [1.807, 2.05) is 36.4 Å². The van der Waals surface area contributed by atoms with Crippen LogP contribution in [0.25, 0.3) is 0 Å². The summed E-state index contributed by atoms with van der Waals surface area (Å²) in [5.74, 6) is 0.828. The molecular formula is C19H17N3OS. The van der Waals surface area contributed by atoms with Crippen molar-refractivity contribution in [2.24, 2.45) is 0 Å². The second-order valence-corrected chi connectivity index (χ2v) is 7.14. The summed E-state index contributed by atoms with van der Waals surface area (Å²) in [5, 5.41) is 9.63. The maximum Gasteiger partial charge on any atom is 0.195 e. The van der Waals surface area contributed by atoms with Crippen LogP contribution in [-0.4, -0.2) is 29.6 Å². The lowest BCUT2D eigenvalue weighted by atomic mass is 9.84. The first-order valence-corrected chi connectivity index (χ1v) is 9.16. The van der Waals surface area contributed by atoms with Crippen molar-refractivity contribution in [2.45, 2.75) is 23.8 Å². The number of carbonyl (C=O) groups is 1. The summed E-state index contributed by atoms with van der Waals surface area (Å²) in [4.78, 5) is 20.2. The van der Waals surface area contributed by atoms with Crippen LogP contribution >= 0.6 is 11.8 Å². The van der Waals surface area contributed by atoms with E-state index < -0.39 is 0 Å². The Morgan fingerprint density at radius 1 is 1.29 bits per heavy atom. The largest absolute Gasteiger partial charge is 0.369 e. The normalized spacial score (nSPS) is 15.9. The molecule has 0 unspecified atom stereocenters. The van der Waals surface area contributed by atoms with Gasteiger partial charge in [-0.05, 0) is 18.9 Å². The number of ketones is 1. The van der Waals surface area contributed by atoms with E-state index in [9.17, 15) is 4.79 Å². The number of rotatable bonds is 4. The van der Waals surface area contributed by atoms with Gasteiger partial charge in [0.1, 0.15) is 0 Å². The number of piperidine rings is 1. The average Bonchev–Trinajstić information content (AvgIpc) is 2.66. The van der Waals surface area contributed by atoms with Crippen LogP contribution in [0.3, 0.4) is 0 Å². The Labute approximate surface area is 145 Å². The van der Waals surface area contributed by atoms with Crippen LogP contribution in [0.1, 0.15) is 40.4 Å². The van der Waals surface area contributed by atoms with Gasteiger partial charge in [-0.2, -0.15) is 5.26 Å². The van der Waals surface area contributed by atoms with Crippen molar-refractivity contribution in [1.82, 2.24) is 4.98 Å². The second-order valence-electron chi connectivity index (χ2n) is 6.15. The molecule has 1 aromatic carbocycles. The third-order valence-electron chi connectivity index (χ3n) is 4.76. The number of aromatic nitrogens is 1. The van der Waals surface area contributed by atoms with Crippen molar-refractivity contribution in [1.29, 1.82) is 5.26 Å². The highest BCUT2D eigenvalue weighted by atomic mass is 32.2. The molecule has 0 N–H and O–H groups in total. The predicted molar refractivity (Wildman–Crippen MR) is 94.6 cm³/mol. The Bertz CT molecular complexity index is 820. The van der Waals surface area contributed by atoms with Crippen molar-refractivity contribution in [3.05, 3.63) is 53.2 Å². The van der Waals surface area contributed by atoms with E-state index in [0.717, 1.165) is 47.9 Å². The zero-order valence-corrected chi connectivity index (χ0v) is 14.1. The van der Waals surface area contributed by atoms with Gasteiger partial charge in [-0.1, -0.05) is 42.1 Å². The topological polar surface area (TPSA) is 57.0 Å². The molecule has 1 aromatic heterocycles. The summed E-state index contributed by atoms with van der Waals surface area (Å²) in [6.45, 7) is 2.00. The number of hydrogen-bond donors (Lipinski definition) is 0. The summed E-state index contributed by atoms with van der Waals surface area (Å²) >= 11 is 1.40. The molecule has 0 radical (unpaired) electrons. The van der Waals surface area contributed by atoms with Crippen molar-refractivity contribution in [3.63, 3.8) is 0 Å². The van der Waals surface area contributed by atoms with Crippen LogP contribution in [0.15, 0.2) is 41.4 Å². The van der Waals surface area contributed by atoms with E-state index >= 15 is 0 Å². The molecule has 1 fully saturated rings. The molecule has 5 rings (SSSR count). The fourth-order valence-electron chi connectivity index (χ4n) is 3.63. The molecule has 120 valence electrons. The zero-order valence-electron chi connectivity index (χ0n) is 13.2. The van der Waals surface area contributed by atoms with Crippen molar-refractivity contribution < 1.29 is 4.79 Å². The first-order valence-electron chi connectivity index (χ1n) is 8.17. The van der Waals surface area contributed by atoms with E-state index in [-0.39, 0.29) is 5.78 Å². The van der Waals surface area contributed by atoms with Gasteiger partial charge in [0.2, 0.25) is 0 Å². The monoisotopic (exact) mass is 335 g/mol. The first-order chi connectivity index (χ1) is 11.8. The quantitative estimate of drug-likeness (QED) is 0.631. The van der Waals surface area contributed by atoms with E-state index in [1.165, 1.54) is 11.8 Å². The fraction of sp³-hybridized carbons (Fsp3) is 0.316. The lowest BCUT2D eigenvalue weighted by molar-refractivity contribution is 0.103. The highest BCUT2D eigenvalue weighted by molar-refractivity contribution is 7.99. The smallest absolute Gasteiger partial charge is 0.195 e. The molecule has 5 heteroatoms. The van der Waals surface area contributed by atoms with Crippen LogP contribution < -0.4 is 4.90 Å². The number of anilines is 1. The van der Waals surface area contributed by atoms with Crippen LogP contribution in [-0.2, 0) is 0 Å². The Hall–Kier alpha value is -2.32. The lowest BCUT2D eigenvalue weighted by Gasteiger charge is -2.42. The summed E-state index contributed by atoms with van der Waals surface area (Å²) in [6.07, 6.45) is 2.21. The van der Waals surface area contributed by atoms with Gasteiger partial charge in [-0.3, -0.25) is 4.79 Å². The van der Waals surface area contributed by atoms with Crippen molar-refractivity contribution >= 4 is 23.2 Å². The molecule has 0 amide bonds. The SMILES string of the molecule is N#CCSc1cc(C(=O)c2ccccc2)c2c(n1)C1CCN2CC1. The molecule has 3 aliphatic rings. The number of hydrogen-bond acceptors (Lipinski definition) is 5. The molecule has 1 saturated heterocycles. The zero-order chi connectivity index (χ0) is 16.5. The summed E-state index contributed by atoms with van der Waals surface area (Å²) in [5.41, 5.74) is 3.50. The molecule has 4 nitrogen and oxygen atoms in total. The fourth-order valence-corrected chi connectivity index (χ4v) is 4.20. The number of benzene rings is 1. The van der Waals surface area contributed by atoms with Gasteiger partial charge >= 0.3 is 0 Å². The highest BCUT2D eigenvalue weighted by Gasteiger charge is 2.35. The van der Waals surface area contributed by atoms with Gasteiger partial charge in [-0.15, -0.1) is 0 Å². The van der Waals surface area contributed by atoms with E-state index in [4.69, 9.17) is 10.2 Å². The minimum Gasteiger partial charge on any atom is -0.369 e. The van der Waals surface area contributed by atoms with E-state index in [2.05, 4.69) is 11.0 Å². The third kappa shape index (κ3) is 2.57. The number of pyridine rings is 1. The number of fused-ring (bicyclic) bond motifs is 2. The van der Waals surface area contributed by atoms with Crippen molar-refractivity contribution in [3.8, 4) is 6.07 Å². The maximum absolute atomic E-state index is 13.1. The van der Waals surface area contributed by atoms with Gasteiger partial charge in [0, 0.05) is 24.6 Å². The molecule has 2 bridgehead atoms. The van der Waals surface area contributed by atoms with Crippen LogP contribution in [0.4, 0.5) is 5.69 Å². The minimum absolute atomic E-state index is 0.0422. The molecule has 0 aliphatic carbocycles. The molecule has 3 aliphatic heterocycles. The van der Waals surface area contributed by atoms with E-state index in [1.54, 1.807) is 0 Å². The predicted octanol–water partition coefficient (Wildman–Crippen LogP) is 3.63. The van der Waals surface area contributed by atoms with Gasteiger partial charge < -0.3 is 4.90 Å². The first kappa shape index (κ1) is 15.2. The molecule has 0 saturated carbocycles. The van der Waals surface area contributed by atoms with Crippen molar-refractivity contribution in [2.75, 3.05) is 23.7 Å². The summed E-state index contributed by atoms with van der Waals surface area (Å²) in [7, 11) is 0. The molecule has 2 aromatic rings. The Morgan fingerprint density at radius 3 is 2.75 bits per heavy atom. The molecule has 0 spiro atoms. The summed E-state index contributed by atoms with van der Waals surface area (Å²) < 4.78 is 0. The molecule has 0 atom stereocenters. The Kier molecular flexibility index (Phi) is 3.99. The number of nitrogens with zero attached hydrogens (tertiary/aromatic N) is 3. The molecule has 4 heterocycles. The van der Waals surface area contributed by atoms with Crippen LogP contribution in [0.2, 0.25) is 0 Å². The van der Waals surface area contributed by atoms with E-state index in [0.29, 0.717) is 17.2 Å². The van der Waals surface area contributed by atoms with Crippen LogP contribution in [0.5, 0.6) is 0 Å². The molecular weight excluding hydrogens is 318 g/mol. The van der Waals surface area contributed by atoms with Gasteiger partial charge in [-0.25, -0.2) is 4.98 Å². The maximum atomic E-state index is 13.1. The minimum atomic E-state index is 0.0422. The lowest BCUT2D eigenvalue weighted by Crippen LogP contribution is -2.40. The highest BCUT2D eigenvalue weighted by Crippen LogP contribution is 2.44. The number of nitriles is 1. The van der Waals surface area contributed by atoms with Gasteiger partial charge in [0.15, 0.2) is 5.78 Å². The van der Waals surface area contributed by atoms with Crippen LogP contribution in [0, 0.1) is 11.3 Å². The number of carbonyl (C=O) groups excluding carboxylic acids is 1. The standard InChI is InChI=1S/C19H17N3OS/c20-8-11-24-16-12-15(19(23)14-4-2-1-3-5-14)18-17(21-16)13-6-9-22(18)10-7-13/h1-5,12-13H,6-7,9-11H2. The Morgan fingerprint density at radius 2 is 2.04 bits per heavy atom. The second kappa shape index (κ2) is 6.29. The number of thioether (sulfide) groups is 1. The van der Waals surface area contributed by atoms with Gasteiger partial charge in [0.25, 0.3) is 0 Å². The average molecular weight is 335 g/mol. The Balaban J connectivity index is 1.84.